The van der Waals surface area contributed by atoms with Gasteiger partial charge >= 0.3 is 17.9 Å². The Morgan fingerprint density at radius 3 is 2.25 bits per heavy atom. The molecule has 0 spiro atoms. The molecular formula is C34H41NO9. The Hall–Kier alpha value is -4.02. The molecule has 236 valence electrons. The molecular weight excluding hydrogens is 566 g/mol. The largest absolute Gasteiger partial charge is 0.463 e. The summed E-state index contributed by atoms with van der Waals surface area (Å²) in [6, 6.07) is 18.3. The number of carbonyl (C=O) groups is 3. The molecule has 3 aromatic carbocycles. The van der Waals surface area contributed by atoms with Crippen molar-refractivity contribution in [2.24, 2.45) is 22.4 Å². The number of ether oxygens (including phenoxy) is 4. The maximum atomic E-state index is 12.9. The van der Waals surface area contributed by atoms with Gasteiger partial charge in [-0.25, -0.2) is 0 Å². The lowest BCUT2D eigenvalue weighted by atomic mass is 9.76. The van der Waals surface area contributed by atoms with Gasteiger partial charge in [-0.05, 0) is 53.8 Å². The Morgan fingerprint density at radius 2 is 1.64 bits per heavy atom. The third kappa shape index (κ3) is 8.76. The number of hydrogen-bond acceptors (Lipinski definition) is 10. The molecule has 0 aliphatic carbocycles. The topological polar surface area (TPSA) is 133 Å². The fraction of sp³-hybridized carbons (Fsp3) is 0.471. The zero-order chi connectivity index (χ0) is 31.5. The van der Waals surface area contributed by atoms with Crippen molar-refractivity contribution in [3.63, 3.8) is 0 Å². The van der Waals surface area contributed by atoms with Gasteiger partial charge in [-0.3, -0.25) is 14.4 Å². The fourth-order valence-corrected chi connectivity index (χ4v) is 5.13. The second-order valence-electron chi connectivity index (χ2n) is 11.4. The van der Waals surface area contributed by atoms with Crippen LogP contribution in [-0.2, 0) is 38.2 Å². The van der Waals surface area contributed by atoms with Crippen LogP contribution in [0.25, 0.3) is 21.5 Å². The lowest BCUT2D eigenvalue weighted by Gasteiger charge is -2.30. The van der Waals surface area contributed by atoms with E-state index in [0.717, 1.165) is 27.1 Å². The average molecular weight is 608 g/mol. The predicted molar refractivity (Wildman–Crippen MR) is 165 cm³/mol. The van der Waals surface area contributed by atoms with Crippen LogP contribution in [-0.4, -0.2) is 75.0 Å². The Labute approximate surface area is 257 Å². The minimum absolute atomic E-state index is 0.0291. The van der Waals surface area contributed by atoms with Gasteiger partial charge in [-0.15, -0.1) is 0 Å². The number of epoxide rings is 1. The molecule has 0 aromatic heterocycles. The van der Waals surface area contributed by atoms with Gasteiger partial charge in [-0.2, -0.15) is 0 Å². The number of benzene rings is 3. The normalized spacial score (nSPS) is 17.1. The summed E-state index contributed by atoms with van der Waals surface area (Å²) in [5.74, 6) is -2.97. The van der Waals surface area contributed by atoms with E-state index in [1.165, 1.54) is 0 Å². The van der Waals surface area contributed by atoms with Crippen molar-refractivity contribution < 1.29 is 43.3 Å². The van der Waals surface area contributed by atoms with Gasteiger partial charge in [0.2, 0.25) is 0 Å². The van der Waals surface area contributed by atoms with E-state index in [2.05, 4.69) is 23.4 Å². The Balaban J connectivity index is 1.31. The third-order valence-electron chi connectivity index (χ3n) is 7.97. The van der Waals surface area contributed by atoms with E-state index in [9.17, 15) is 14.4 Å². The van der Waals surface area contributed by atoms with Crippen LogP contribution < -0.4 is 0 Å². The van der Waals surface area contributed by atoms with Crippen LogP contribution in [0.2, 0.25) is 0 Å². The van der Waals surface area contributed by atoms with E-state index >= 15 is 0 Å². The van der Waals surface area contributed by atoms with Crippen molar-refractivity contribution in [2.45, 2.75) is 46.1 Å². The summed E-state index contributed by atoms with van der Waals surface area (Å²) in [6.45, 7) is 5.47. The molecule has 44 heavy (non-hydrogen) atoms. The van der Waals surface area contributed by atoms with Gasteiger partial charge in [0.25, 0.3) is 0 Å². The monoisotopic (exact) mass is 607 g/mol. The smallest absolute Gasteiger partial charge is 0.311 e. The van der Waals surface area contributed by atoms with Gasteiger partial charge < -0.3 is 28.9 Å². The zero-order valence-corrected chi connectivity index (χ0v) is 25.5. The maximum Gasteiger partial charge on any atom is 0.311 e. The lowest BCUT2D eigenvalue weighted by Crippen LogP contribution is -2.36. The van der Waals surface area contributed by atoms with Gasteiger partial charge in [-0.1, -0.05) is 67.5 Å². The second kappa shape index (κ2) is 15.6. The quantitative estimate of drug-likeness (QED) is 0.0436. The van der Waals surface area contributed by atoms with E-state index in [1.807, 2.05) is 43.3 Å². The van der Waals surface area contributed by atoms with Gasteiger partial charge in [0.1, 0.15) is 25.9 Å². The molecule has 0 amide bonds. The molecule has 1 heterocycles. The van der Waals surface area contributed by atoms with Crippen molar-refractivity contribution in [3.05, 3.63) is 60.2 Å². The number of esters is 3. The summed E-state index contributed by atoms with van der Waals surface area (Å²) in [5.41, 5.74) is -0.0323. The van der Waals surface area contributed by atoms with Crippen LogP contribution in [0.15, 0.2) is 59.8 Å². The Bertz CT molecular complexity index is 1410. The minimum Gasteiger partial charge on any atom is -0.463 e. The molecule has 1 N–H and O–H groups in total. The first-order valence-corrected chi connectivity index (χ1v) is 15.0. The highest BCUT2D eigenvalue weighted by atomic mass is 16.6. The Kier molecular flexibility index (Phi) is 11.7. The molecule has 3 aromatic rings. The molecule has 4 rings (SSSR count). The van der Waals surface area contributed by atoms with Gasteiger partial charge in [0.05, 0.1) is 36.7 Å². The summed E-state index contributed by atoms with van der Waals surface area (Å²) in [5, 5.41) is 17.5. The minimum atomic E-state index is -0.970. The van der Waals surface area contributed by atoms with Crippen molar-refractivity contribution in [1.29, 1.82) is 0 Å². The molecule has 1 saturated heterocycles. The highest BCUT2D eigenvalue weighted by Gasteiger charge is 2.40. The number of oxime groups is 1. The zero-order valence-electron chi connectivity index (χ0n) is 25.5. The SMILES string of the molecule is CCC(C)(CC(CC(C)C(=O)OCCON=Cc1c2ccccc2cc2ccccc12)C(=O)OCCO)C(=O)OCC1CO1. The number of nitrogens with zero attached hydrogens (tertiary/aromatic N) is 1. The number of aliphatic hydroxyl groups excluding tert-OH is 1. The first kappa shape index (κ1) is 32.9. The van der Waals surface area contributed by atoms with Crippen molar-refractivity contribution in [2.75, 3.05) is 39.6 Å². The van der Waals surface area contributed by atoms with E-state index < -0.39 is 35.2 Å². The highest BCUT2D eigenvalue weighted by Crippen LogP contribution is 2.35. The molecule has 0 radical (unpaired) electrons. The molecule has 0 saturated carbocycles. The van der Waals surface area contributed by atoms with E-state index in [0.29, 0.717) is 13.0 Å². The Morgan fingerprint density at radius 1 is 1.00 bits per heavy atom. The van der Waals surface area contributed by atoms with Crippen LogP contribution in [0.5, 0.6) is 0 Å². The lowest BCUT2D eigenvalue weighted by molar-refractivity contribution is -0.160. The summed E-state index contributed by atoms with van der Waals surface area (Å²) < 4.78 is 21.1. The van der Waals surface area contributed by atoms with Crippen molar-refractivity contribution in [3.8, 4) is 0 Å². The van der Waals surface area contributed by atoms with E-state index in [4.69, 9.17) is 28.9 Å². The maximum absolute atomic E-state index is 12.9. The van der Waals surface area contributed by atoms with Crippen LogP contribution in [0.4, 0.5) is 0 Å². The first-order valence-electron chi connectivity index (χ1n) is 15.0. The van der Waals surface area contributed by atoms with Gasteiger partial charge in [0, 0.05) is 5.56 Å². The molecule has 4 atom stereocenters. The predicted octanol–water partition coefficient (Wildman–Crippen LogP) is 4.81. The number of fused-ring (bicyclic) bond motifs is 2. The highest BCUT2D eigenvalue weighted by molar-refractivity contribution is 6.13. The number of carbonyl (C=O) groups excluding carboxylic acids is 3. The van der Waals surface area contributed by atoms with Crippen LogP contribution in [0.3, 0.4) is 0 Å². The summed E-state index contributed by atoms with van der Waals surface area (Å²) in [4.78, 5) is 44.0. The molecule has 1 fully saturated rings. The van der Waals surface area contributed by atoms with E-state index in [-0.39, 0.29) is 52.0 Å². The number of rotatable bonds is 17. The summed E-state index contributed by atoms with van der Waals surface area (Å²) in [6.07, 6.45) is 2.24. The summed E-state index contributed by atoms with van der Waals surface area (Å²) >= 11 is 0. The molecule has 10 heteroatoms. The van der Waals surface area contributed by atoms with Crippen molar-refractivity contribution >= 4 is 45.7 Å². The average Bonchev–Trinajstić information content (AvgIpc) is 3.87. The van der Waals surface area contributed by atoms with Crippen LogP contribution >= 0.6 is 0 Å². The number of aliphatic hydroxyl groups is 1. The molecule has 0 bridgehead atoms. The fourth-order valence-electron chi connectivity index (χ4n) is 5.13. The second-order valence-corrected chi connectivity index (χ2v) is 11.4. The standard InChI is InChI=1S/C34H41NO9/c1-4-34(3,33(39)43-22-27-21-42-27)19-26(32(38)40-14-13-36)17-23(2)31(37)41-15-16-44-35-20-30-28-11-7-5-9-24(28)18-25-10-6-8-12-29(25)30/h5-12,18,20,23,26-27,36H,4,13-17,19,21-22H2,1-3H3. The molecule has 1 aliphatic rings. The van der Waals surface area contributed by atoms with Crippen LogP contribution in [0, 0.1) is 17.3 Å². The third-order valence-corrected chi connectivity index (χ3v) is 7.97. The molecule has 1 aliphatic heterocycles. The van der Waals surface area contributed by atoms with Crippen molar-refractivity contribution in [1.82, 2.24) is 0 Å². The summed E-state index contributed by atoms with van der Waals surface area (Å²) in [7, 11) is 0. The van der Waals surface area contributed by atoms with Crippen LogP contribution in [0.1, 0.15) is 45.6 Å². The number of hydrogen-bond donors (Lipinski definition) is 1. The van der Waals surface area contributed by atoms with Gasteiger partial charge in [0.15, 0.2) is 6.61 Å². The molecule has 4 unspecified atom stereocenters. The molecule has 10 nitrogen and oxygen atoms in total. The van der Waals surface area contributed by atoms with E-state index in [1.54, 1.807) is 20.1 Å². The first-order chi connectivity index (χ1) is 21.3.